The summed E-state index contributed by atoms with van der Waals surface area (Å²) in [5.41, 5.74) is 0.595. The van der Waals surface area contributed by atoms with Crippen LogP contribution < -0.4 is 5.56 Å². The van der Waals surface area contributed by atoms with Gasteiger partial charge in [-0.2, -0.15) is 0 Å². The minimum absolute atomic E-state index is 0.0220. The molecule has 0 spiro atoms. The van der Waals surface area contributed by atoms with Gasteiger partial charge in [-0.05, 0) is 0 Å². The zero-order chi connectivity index (χ0) is 20.9. The average Bonchev–Trinajstić information content (AvgIpc) is 3.21. The third-order valence-electron chi connectivity index (χ3n) is 4.44. The number of nitrogens with zero attached hydrogens (tertiary/aromatic N) is 5. The van der Waals surface area contributed by atoms with Gasteiger partial charge in [-0.15, -0.1) is 11.6 Å². The lowest BCUT2D eigenvalue weighted by molar-refractivity contribution is -0.0504. The number of aromatic nitrogens is 5. The number of phosphoric acid groups is 1. The molecule has 1 saturated heterocycles. The summed E-state index contributed by atoms with van der Waals surface area (Å²) in [6, 6.07) is 1.27. The molecule has 1 aliphatic heterocycles. The van der Waals surface area contributed by atoms with Crippen LogP contribution in [0.4, 0.5) is 0 Å². The number of hydrogen-bond donors (Lipinski definition) is 4. The van der Waals surface area contributed by atoms with Gasteiger partial charge in [-0.1, -0.05) is 0 Å². The molecule has 4 rings (SSSR count). The zero-order valence-corrected chi connectivity index (χ0v) is 16.1. The normalized spacial score (nSPS) is 25.3. The molecule has 15 heteroatoms. The number of ether oxygens (including phenoxy) is 1. The molecular weight excluding hydrogens is 433 g/mol. The van der Waals surface area contributed by atoms with Crippen LogP contribution in [-0.2, 0) is 19.7 Å². The van der Waals surface area contributed by atoms with Crippen LogP contribution in [0.15, 0.2) is 23.5 Å². The molecule has 29 heavy (non-hydrogen) atoms. The third-order valence-corrected chi connectivity index (χ3v) is 5.19. The van der Waals surface area contributed by atoms with Gasteiger partial charge in [0.25, 0.3) is 5.56 Å². The summed E-state index contributed by atoms with van der Waals surface area (Å²) in [6.45, 7) is -0.641. The molecule has 3 aromatic heterocycles. The van der Waals surface area contributed by atoms with Crippen LogP contribution in [0.25, 0.3) is 16.8 Å². The maximum absolute atomic E-state index is 12.2. The van der Waals surface area contributed by atoms with Crippen molar-refractivity contribution >= 4 is 36.2 Å². The van der Waals surface area contributed by atoms with Crippen molar-refractivity contribution in [3.05, 3.63) is 34.8 Å². The van der Waals surface area contributed by atoms with Gasteiger partial charge < -0.3 is 24.7 Å². The lowest BCUT2D eigenvalue weighted by Gasteiger charge is -2.16. The third kappa shape index (κ3) is 3.67. The van der Waals surface area contributed by atoms with E-state index in [2.05, 4.69) is 19.5 Å². The van der Waals surface area contributed by atoms with Crippen molar-refractivity contribution in [3.8, 4) is 0 Å². The predicted octanol–water partition coefficient (Wildman–Crippen LogP) is -1.09. The van der Waals surface area contributed by atoms with E-state index >= 15 is 0 Å². The van der Waals surface area contributed by atoms with Crippen molar-refractivity contribution in [2.75, 3.05) is 6.61 Å². The van der Waals surface area contributed by atoms with E-state index in [0.717, 1.165) is 0 Å². The molecule has 156 valence electrons. The molecule has 4 atom stereocenters. The molecular formula is C14H15ClN5O8P. The Bertz CT molecular complexity index is 1180. The number of alkyl halides is 1. The van der Waals surface area contributed by atoms with E-state index in [-0.39, 0.29) is 22.7 Å². The topological polar surface area (TPSA) is 182 Å². The fourth-order valence-corrected chi connectivity index (χ4v) is 3.57. The maximum Gasteiger partial charge on any atom is 0.469 e. The van der Waals surface area contributed by atoms with Gasteiger partial charge >= 0.3 is 7.82 Å². The van der Waals surface area contributed by atoms with Crippen molar-refractivity contribution < 1.29 is 33.8 Å². The monoisotopic (exact) mass is 447 g/mol. The fraction of sp³-hybridized carbons (Fsp3) is 0.429. The molecule has 0 unspecified atom stereocenters. The number of imidazole rings is 1. The highest BCUT2D eigenvalue weighted by atomic mass is 35.5. The molecule has 0 bridgehead atoms. The van der Waals surface area contributed by atoms with Crippen LogP contribution in [0, 0.1) is 0 Å². The molecule has 4 heterocycles. The van der Waals surface area contributed by atoms with Crippen LogP contribution in [0.5, 0.6) is 0 Å². The lowest BCUT2D eigenvalue weighted by atomic mass is 10.1. The molecule has 3 aromatic rings. The van der Waals surface area contributed by atoms with Crippen LogP contribution in [0.1, 0.15) is 11.9 Å². The van der Waals surface area contributed by atoms with E-state index < -0.39 is 44.5 Å². The number of rotatable bonds is 5. The minimum Gasteiger partial charge on any atom is -0.387 e. The van der Waals surface area contributed by atoms with Crippen molar-refractivity contribution in [1.29, 1.82) is 0 Å². The first-order valence-corrected chi connectivity index (χ1v) is 10.3. The average molecular weight is 448 g/mol. The second-order valence-electron chi connectivity index (χ2n) is 6.31. The maximum atomic E-state index is 12.2. The molecule has 13 nitrogen and oxygen atoms in total. The first-order chi connectivity index (χ1) is 13.7. The first kappa shape index (κ1) is 20.3. The van der Waals surface area contributed by atoms with Gasteiger partial charge in [0.05, 0.1) is 24.5 Å². The molecule has 1 fully saturated rings. The highest BCUT2D eigenvalue weighted by Crippen LogP contribution is 2.38. The number of hydrogen-bond acceptors (Lipinski definition) is 9. The highest BCUT2D eigenvalue weighted by Gasteiger charge is 2.45. The summed E-state index contributed by atoms with van der Waals surface area (Å²) >= 11 is 5.77. The van der Waals surface area contributed by atoms with E-state index in [4.69, 9.17) is 26.1 Å². The Kier molecular flexibility index (Phi) is 5.17. The first-order valence-electron chi connectivity index (χ1n) is 8.21. The van der Waals surface area contributed by atoms with Crippen molar-refractivity contribution in [2.45, 2.75) is 30.4 Å². The van der Waals surface area contributed by atoms with Gasteiger partial charge in [0.2, 0.25) is 0 Å². The summed E-state index contributed by atoms with van der Waals surface area (Å²) in [7, 11) is -4.78. The van der Waals surface area contributed by atoms with E-state index in [0.29, 0.717) is 5.69 Å². The SMILES string of the molecule is O=c1cc(CCl)nc2c3ncn([C@@H]4O[C@H](COP(=O)(O)O)[C@@H](O)[C@H]4O)c3ncn12. The summed E-state index contributed by atoms with van der Waals surface area (Å²) in [5.74, 6) is 0.0220. The highest BCUT2D eigenvalue weighted by molar-refractivity contribution is 7.46. The minimum atomic E-state index is -4.78. The second kappa shape index (κ2) is 7.38. The number of halogens is 1. The Balaban J connectivity index is 1.73. The smallest absolute Gasteiger partial charge is 0.387 e. The Morgan fingerprint density at radius 1 is 1.21 bits per heavy atom. The molecule has 0 aliphatic carbocycles. The fourth-order valence-electron chi connectivity index (χ4n) is 3.09. The van der Waals surface area contributed by atoms with Gasteiger partial charge in [0, 0.05) is 6.07 Å². The summed E-state index contributed by atoms with van der Waals surface area (Å²) < 4.78 is 23.2. The van der Waals surface area contributed by atoms with Crippen molar-refractivity contribution in [2.24, 2.45) is 0 Å². The van der Waals surface area contributed by atoms with Gasteiger partial charge in [-0.3, -0.25) is 13.9 Å². The van der Waals surface area contributed by atoms with Crippen LogP contribution >= 0.6 is 19.4 Å². The molecule has 0 amide bonds. The van der Waals surface area contributed by atoms with E-state index in [1.54, 1.807) is 0 Å². The quantitative estimate of drug-likeness (QED) is 0.275. The van der Waals surface area contributed by atoms with Crippen LogP contribution in [0.3, 0.4) is 0 Å². The van der Waals surface area contributed by atoms with Gasteiger partial charge in [0.15, 0.2) is 23.0 Å². The zero-order valence-electron chi connectivity index (χ0n) is 14.4. The number of fused-ring (bicyclic) bond motifs is 3. The number of phosphoric ester groups is 1. The summed E-state index contributed by atoms with van der Waals surface area (Å²) in [4.78, 5) is 42.4. The van der Waals surface area contributed by atoms with E-state index in [1.165, 1.54) is 27.7 Å². The summed E-state index contributed by atoms with van der Waals surface area (Å²) in [5, 5.41) is 20.5. The van der Waals surface area contributed by atoms with Crippen molar-refractivity contribution in [1.82, 2.24) is 23.9 Å². The Hall–Kier alpha value is -1.96. The predicted molar refractivity (Wildman–Crippen MR) is 96.0 cm³/mol. The molecule has 0 radical (unpaired) electrons. The van der Waals surface area contributed by atoms with Crippen LogP contribution in [0.2, 0.25) is 0 Å². The largest absolute Gasteiger partial charge is 0.469 e. The Morgan fingerprint density at radius 2 is 1.97 bits per heavy atom. The molecule has 0 saturated carbocycles. The van der Waals surface area contributed by atoms with Crippen LogP contribution in [-0.4, -0.2) is 68.8 Å². The standard InChI is InChI=1S/C14H15ClN5O8P/c15-2-6-1-8(21)19-5-17-12-9(13(19)18-6)16-4-20(12)14-11(23)10(22)7(28-14)3-27-29(24,25)26/h1,4-5,7,10-11,14,22-23H,2-3H2,(H2,24,25,26)/t7-,10-,11-,14-/m1/s1. The molecule has 1 aliphatic rings. The molecule has 0 aromatic carbocycles. The number of aliphatic hydroxyl groups is 2. The van der Waals surface area contributed by atoms with Gasteiger partial charge in [0.1, 0.15) is 24.6 Å². The van der Waals surface area contributed by atoms with Crippen molar-refractivity contribution in [3.63, 3.8) is 0 Å². The Morgan fingerprint density at radius 3 is 2.66 bits per heavy atom. The van der Waals surface area contributed by atoms with Gasteiger partial charge in [-0.25, -0.2) is 23.9 Å². The lowest BCUT2D eigenvalue weighted by Crippen LogP contribution is -2.33. The number of aliphatic hydroxyl groups excluding tert-OH is 2. The van der Waals surface area contributed by atoms with E-state index in [1.807, 2.05) is 0 Å². The second-order valence-corrected chi connectivity index (χ2v) is 7.82. The summed E-state index contributed by atoms with van der Waals surface area (Å²) in [6.07, 6.45) is -2.80. The van der Waals surface area contributed by atoms with E-state index in [9.17, 15) is 19.6 Å². The Labute approximate surface area is 166 Å². The molecule has 4 N–H and O–H groups in total.